The molecule has 0 atom stereocenters. The number of carbonyl (C=O) groups excluding carboxylic acids is 2. The normalized spacial score (nSPS) is 18.3. The molecule has 0 radical (unpaired) electrons. The van der Waals surface area contributed by atoms with Crippen LogP contribution < -0.4 is 0 Å². The van der Waals surface area contributed by atoms with Crippen LogP contribution in [0.3, 0.4) is 0 Å². The first-order valence-corrected chi connectivity index (χ1v) is 6.23. The van der Waals surface area contributed by atoms with Gasteiger partial charge in [0, 0.05) is 7.05 Å². The molecule has 1 fully saturated rings. The molecule has 17 heavy (non-hydrogen) atoms. The molecule has 1 aromatic carbocycles. The minimum absolute atomic E-state index is 0.292. The van der Waals surface area contributed by atoms with Gasteiger partial charge in [0.1, 0.15) is 0 Å². The first-order valence-electron chi connectivity index (χ1n) is 4.66. The number of amides is 2. The Morgan fingerprint density at radius 2 is 2.00 bits per heavy atom. The molecule has 0 unspecified atom stereocenters. The summed E-state index contributed by atoms with van der Waals surface area (Å²) in [6, 6.07) is 5.13. The monoisotopic (exact) mass is 287 g/mol. The molecule has 88 valence electrons. The van der Waals surface area contributed by atoms with Gasteiger partial charge in [0.2, 0.25) is 0 Å². The average molecular weight is 288 g/mol. The fourth-order valence-corrected chi connectivity index (χ4v) is 2.50. The maximum absolute atomic E-state index is 11.7. The number of carbonyl (C=O) groups is 2. The number of hydrogen-bond donors (Lipinski definition) is 0. The van der Waals surface area contributed by atoms with Gasteiger partial charge in [-0.25, -0.2) is 0 Å². The summed E-state index contributed by atoms with van der Waals surface area (Å²) in [4.78, 5) is 24.4. The zero-order valence-corrected chi connectivity index (χ0v) is 11.1. The van der Waals surface area contributed by atoms with Crippen molar-refractivity contribution in [1.82, 2.24) is 4.90 Å². The SMILES string of the molecule is CN1C(=O)S/C(=C/c2cccc(Cl)c2Cl)C1=O. The fraction of sp³-hybridized carbons (Fsp3) is 0.0909. The lowest BCUT2D eigenvalue weighted by Crippen LogP contribution is -2.22. The van der Waals surface area contributed by atoms with E-state index in [-0.39, 0.29) is 11.1 Å². The van der Waals surface area contributed by atoms with Crippen LogP contribution in [-0.4, -0.2) is 23.1 Å². The zero-order valence-electron chi connectivity index (χ0n) is 8.74. The zero-order chi connectivity index (χ0) is 12.6. The van der Waals surface area contributed by atoms with Crippen LogP contribution in [0.15, 0.2) is 23.1 Å². The molecule has 1 heterocycles. The summed E-state index contributed by atoms with van der Waals surface area (Å²) in [5.41, 5.74) is 0.623. The predicted molar refractivity (Wildman–Crippen MR) is 70.2 cm³/mol. The van der Waals surface area contributed by atoms with E-state index < -0.39 is 0 Å². The van der Waals surface area contributed by atoms with Gasteiger partial charge in [-0.05, 0) is 29.5 Å². The van der Waals surface area contributed by atoms with Gasteiger partial charge in [0.15, 0.2) is 0 Å². The van der Waals surface area contributed by atoms with Crippen molar-refractivity contribution < 1.29 is 9.59 Å². The summed E-state index contributed by atoms with van der Waals surface area (Å²) in [5.74, 6) is -0.323. The van der Waals surface area contributed by atoms with Gasteiger partial charge in [-0.15, -0.1) is 0 Å². The molecule has 6 heteroatoms. The van der Waals surface area contributed by atoms with E-state index >= 15 is 0 Å². The van der Waals surface area contributed by atoms with Crippen LogP contribution >= 0.6 is 35.0 Å². The highest BCUT2D eigenvalue weighted by Crippen LogP contribution is 2.34. The van der Waals surface area contributed by atoms with Gasteiger partial charge in [0.25, 0.3) is 11.1 Å². The van der Waals surface area contributed by atoms with Crippen molar-refractivity contribution >= 4 is 52.2 Å². The third kappa shape index (κ3) is 2.34. The predicted octanol–water partition coefficient (Wildman–Crippen LogP) is 3.66. The summed E-state index contributed by atoms with van der Waals surface area (Å²) in [5, 5.41) is 0.493. The Balaban J connectivity index is 2.41. The van der Waals surface area contributed by atoms with Gasteiger partial charge >= 0.3 is 0 Å². The van der Waals surface area contributed by atoms with Crippen molar-refractivity contribution in [3.05, 3.63) is 38.7 Å². The van der Waals surface area contributed by atoms with Gasteiger partial charge in [-0.1, -0.05) is 35.3 Å². The van der Waals surface area contributed by atoms with Crippen molar-refractivity contribution in [2.75, 3.05) is 7.05 Å². The van der Waals surface area contributed by atoms with Crippen LogP contribution in [0.1, 0.15) is 5.56 Å². The van der Waals surface area contributed by atoms with Crippen molar-refractivity contribution in [2.45, 2.75) is 0 Å². The molecule has 2 amide bonds. The molecular weight excluding hydrogens is 281 g/mol. The summed E-state index contributed by atoms with van der Waals surface area (Å²) >= 11 is 12.7. The lowest BCUT2D eigenvalue weighted by Gasteiger charge is -2.02. The van der Waals surface area contributed by atoms with E-state index in [0.717, 1.165) is 16.7 Å². The molecule has 0 bridgehead atoms. The minimum Gasteiger partial charge on any atom is -0.272 e. The highest BCUT2D eigenvalue weighted by atomic mass is 35.5. The van der Waals surface area contributed by atoms with Crippen LogP contribution in [0.4, 0.5) is 4.79 Å². The third-order valence-electron chi connectivity index (χ3n) is 2.25. The summed E-state index contributed by atoms with van der Waals surface area (Å²) in [7, 11) is 1.44. The van der Waals surface area contributed by atoms with Crippen molar-refractivity contribution in [2.24, 2.45) is 0 Å². The Hall–Kier alpha value is -0.970. The fourth-order valence-electron chi connectivity index (χ4n) is 1.32. The van der Waals surface area contributed by atoms with Crippen LogP contribution in [-0.2, 0) is 4.79 Å². The molecule has 3 nitrogen and oxygen atoms in total. The van der Waals surface area contributed by atoms with E-state index in [1.807, 2.05) is 0 Å². The van der Waals surface area contributed by atoms with Crippen LogP contribution in [0.5, 0.6) is 0 Å². The van der Waals surface area contributed by atoms with Crippen molar-refractivity contribution in [3.63, 3.8) is 0 Å². The maximum Gasteiger partial charge on any atom is 0.293 e. The molecular formula is C11H7Cl2NO2S. The molecule has 2 rings (SSSR count). The smallest absolute Gasteiger partial charge is 0.272 e. The molecule has 0 N–H and O–H groups in total. The van der Waals surface area contributed by atoms with Gasteiger partial charge in [-0.2, -0.15) is 0 Å². The number of likely N-dealkylation sites (N-methyl/N-ethyl adjacent to an activating group) is 1. The van der Waals surface area contributed by atoms with Gasteiger partial charge < -0.3 is 0 Å². The van der Waals surface area contributed by atoms with Gasteiger partial charge in [-0.3, -0.25) is 14.5 Å². The molecule has 1 aromatic rings. The Bertz CT molecular complexity index is 542. The molecule has 0 spiro atoms. The number of benzene rings is 1. The van der Waals surface area contributed by atoms with E-state index in [2.05, 4.69) is 0 Å². The van der Waals surface area contributed by atoms with Crippen LogP contribution in [0.25, 0.3) is 6.08 Å². The van der Waals surface area contributed by atoms with Crippen LogP contribution in [0, 0.1) is 0 Å². The highest BCUT2D eigenvalue weighted by Gasteiger charge is 2.31. The third-order valence-corrected chi connectivity index (χ3v) is 4.05. The summed E-state index contributed by atoms with van der Waals surface area (Å²) in [6.07, 6.45) is 1.57. The van der Waals surface area contributed by atoms with E-state index in [1.54, 1.807) is 24.3 Å². The quantitative estimate of drug-likeness (QED) is 0.740. The molecule has 0 aliphatic carbocycles. The van der Waals surface area contributed by atoms with Crippen LogP contribution in [0.2, 0.25) is 10.0 Å². The summed E-state index contributed by atoms with van der Waals surface area (Å²) < 4.78 is 0. The summed E-state index contributed by atoms with van der Waals surface area (Å²) in [6.45, 7) is 0. The Morgan fingerprint density at radius 3 is 2.59 bits per heavy atom. The molecule has 0 aromatic heterocycles. The number of halogens is 2. The standard InChI is InChI=1S/C11H7Cl2NO2S/c1-14-10(15)8(17-11(14)16)5-6-3-2-4-7(12)9(6)13/h2-5H,1H3/b8-5+. The van der Waals surface area contributed by atoms with E-state index in [9.17, 15) is 9.59 Å². The van der Waals surface area contributed by atoms with Crippen molar-refractivity contribution in [3.8, 4) is 0 Å². The minimum atomic E-state index is -0.323. The molecule has 1 aliphatic rings. The topological polar surface area (TPSA) is 37.4 Å². The van der Waals surface area contributed by atoms with E-state index in [1.165, 1.54) is 7.05 Å². The first-order chi connectivity index (χ1) is 8.00. The number of rotatable bonds is 1. The second-order valence-corrected chi connectivity index (χ2v) is 5.16. The Kier molecular flexibility index (Phi) is 3.47. The second kappa shape index (κ2) is 4.72. The van der Waals surface area contributed by atoms with Gasteiger partial charge in [0.05, 0.1) is 15.0 Å². The largest absolute Gasteiger partial charge is 0.293 e. The van der Waals surface area contributed by atoms with E-state index in [0.29, 0.717) is 20.5 Å². The first kappa shape index (κ1) is 12.5. The second-order valence-electron chi connectivity index (χ2n) is 3.38. The number of imide groups is 1. The lowest BCUT2D eigenvalue weighted by molar-refractivity contribution is -0.121. The van der Waals surface area contributed by atoms with E-state index in [4.69, 9.17) is 23.2 Å². The maximum atomic E-state index is 11.7. The number of thioether (sulfide) groups is 1. The Labute approximate surface area is 112 Å². The molecule has 1 aliphatic heterocycles. The molecule has 1 saturated heterocycles. The number of hydrogen-bond acceptors (Lipinski definition) is 3. The molecule has 0 saturated carbocycles. The highest BCUT2D eigenvalue weighted by molar-refractivity contribution is 8.18. The van der Waals surface area contributed by atoms with Crippen molar-refractivity contribution in [1.29, 1.82) is 0 Å². The lowest BCUT2D eigenvalue weighted by atomic mass is 10.2. The number of nitrogens with zero attached hydrogens (tertiary/aromatic N) is 1. The Morgan fingerprint density at radius 1 is 1.29 bits per heavy atom. The average Bonchev–Trinajstić information content (AvgIpc) is 2.53.